The number of hydrogen-bond acceptors (Lipinski definition) is 2. The zero-order valence-electron chi connectivity index (χ0n) is 15.3. The molecule has 0 bridgehead atoms. The van der Waals surface area contributed by atoms with Gasteiger partial charge >= 0.3 is 0 Å². The number of para-hydroxylation sites is 1. The lowest BCUT2D eigenvalue weighted by atomic mass is 9.96. The topological polar surface area (TPSA) is 28.3 Å². The minimum Gasteiger partial charge on any atom is -0.497 e. The van der Waals surface area contributed by atoms with Gasteiger partial charge in [0, 0.05) is 39.9 Å². The van der Waals surface area contributed by atoms with Gasteiger partial charge in [0.1, 0.15) is 5.75 Å². The van der Waals surface area contributed by atoms with Gasteiger partial charge in [-0.25, -0.2) is 0 Å². The van der Waals surface area contributed by atoms with Crippen LogP contribution < -0.4 is 9.64 Å². The number of nitrogens with zero attached hydrogens (tertiary/aromatic N) is 1. The van der Waals surface area contributed by atoms with E-state index in [0.29, 0.717) is 0 Å². The maximum absolute atomic E-state index is 5.48. The molecule has 1 heterocycles. The number of ether oxygens (including phenoxy) is 1. The van der Waals surface area contributed by atoms with Gasteiger partial charge in [0.15, 0.2) is 0 Å². The highest BCUT2D eigenvalue weighted by Gasteiger charge is 2.23. The minimum absolute atomic E-state index is 0.0468. The third-order valence-corrected chi connectivity index (χ3v) is 5.42. The Morgan fingerprint density at radius 3 is 2.56 bits per heavy atom. The van der Waals surface area contributed by atoms with Crippen molar-refractivity contribution in [3.8, 4) is 5.75 Å². The Labute approximate surface area is 167 Å². The van der Waals surface area contributed by atoms with Crippen molar-refractivity contribution >= 4 is 32.5 Å². The molecule has 0 aliphatic heterocycles. The van der Waals surface area contributed by atoms with Crippen LogP contribution >= 0.6 is 15.9 Å². The fraction of sp³-hybridized carbons (Fsp3) is 0.130. The number of H-pyrrole nitrogens is 1. The molecule has 0 spiro atoms. The Bertz CT molecular complexity index is 1060. The first kappa shape index (κ1) is 17.7. The number of nitrogens with one attached hydrogen (secondary N) is 1. The molecule has 0 aliphatic rings. The van der Waals surface area contributed by atoms with Gasteiger partial charge in [-0.05, 0) is 48.0 Å². The zero-order chi connectivity index (χ0) is 18.8. The molecular weight excluding hydrogens is 400 g/mol. The summed E-state index contributed by atoms with van der Waals surface area (Å²) >= 11 is 3.61. The summed E-state index contributed by atoms with van der Waals surface area (Å²) in [6, 6.07) is 25.1. The van der Waals surface area contributed by atoms with E-state index in [1.54, 1.807) is 7.11 Å². The van der Waals surface area contributed by atoms with Crippen LogP contribution in [0.4, 0.5) is 5.69 Å². The number of rotatable bonds is 5. The number of aromatic amines is 1. The first-order chi connectivity index (χ1) is 13.2. The Morgan fingerprint density at radius 2 is 1.78 bits per heavy atom. The monoisotopic (exact) mass is 420 g/mol. The van der Waals surface area contributed by atoms with E-state index in [1.165, 1.54) is 16.5 Å². The second kappa shape index (κ2) is 7.49. The van der Waals surface area contributed by atoms with E-state index in [9.17, 15) is 0 Å². The summed E-state index contributed by atoms with van der Waals surface area (Å²) in [6.07, 6.45) is 2.11. The molecule has 4 heteroatoms. The largest absolute Gasteiger partial charge is 0.497 e. The van der Waals surface area contributed by atoms with Gasteiger partial charge in [-0.15, -0.1) is 0 Å². The number of halogens is 1. The molecule has 4 aromatic rings. The Morgan fingerprint density at radius 1 is 0.963 bits per heavy atom. The average molecular weight is 421 g/mol. The van der Waals surface area contributed by atoms with Crippen LogP contribution in [-0.4, -0.2) is 19.1 Å². The van der Waals surface area contributed by atoms with Crippen LogP contribution in [-0.2, 0) is 0 Å². The SMILES string of the molecule is COc1cccc(C(c2c[nH]c3ccc(Br)cc23)N(C)c2ccccc2)c1. The number of benzene rings is 3. The highest BCUT2D eigenvalue weighted by Crippen LogP contribution is 2.37. The van der Waals surface area contributed by atoms with Crippen LogP contribution in [0, 0.1) is 0 Å². The summed E-state index contributed by atoms with van der Waals surface area (Å²) in [5.41, 5.74) is 4.70. The lowest BCUT2D eigenvalue weighted by Crippen LogP contribution is -2.25. The first-order valence-corrected chi connectivity index (χ1v) is 9.65. The van der Waals surface area contributed by atoms with Crippen molar-refractivity contribution in [3.63, 3.8) is 0 Å². The molecule has 0 aliphatic carbocycles. The van der Waals surface area contributed by atoms with Crippen molar-refractivity contribution < 1.29 is 4.74 Å². The van der Waals surface area contributed by atoms with Crippen LogP contribution in [0.15, 0.2) is 83.5 Å². The average Bonchev–Trinajstić information content (AvgIpc) is 3.12. The predicted octanol–water partition coefficient (Wildman–Crippen LogP) is 6.16. The molecule has 3 aromatic carbocycles. The minimum atomic E-state index is 0.0468. The van der Waals surface area contributed by atoms with Crippen molar-refractivity contribution in [2.24, 2.45) is 0 Å². The number of methoxy groups -OCH3 is 1. The maximum atomic E-state index is 5.48. The quantitative estimate of drug-likeness (QED) is 0.418. The lowest BCUT2D eigenvalue weighted by Gasteiger charge is -2.31. The van der Waals surface area contributed by atoms with E-state index in [0.717, 1.165) is 21.4 Å². The van der Waals surface area contributed by atoms with E-state index in [-0.39, 0.29) is 6.04 Å². The van der Waals surface area contributed by atoms with Gasteiger partial charge in [0.25, 0.3) is 0 Å². The summed E-state index contributed by atoms with van der Waals surface area (Å²) in [5, 5.41) is 1.21. The number of anilines is 1. The van der Waals surface area contributed by atoms with E-state index >= 15 is 0 Å². The molecule has 1 aromatic heterocycles. The second-order valence-electron chi connectivity index (χ2n) is 6.56. The number of hydrogen-bond donors (Lipinski definition) is 1. The van der Waals surface area contributed by atoms with E-state index in [1.807, 2.05) is 18.2 Å². The maximum Gasteiger partial charge on any atom is 0.119 e. The molecule has 0 fully saturated rings. The predicted molar refractivity (Wildman–Crippen MR) is 116 cm³/mol. The van der Waals surface area contributed by atoms with Crippen molar-refractivity contribution in [2.75, 3.05) is 19.1 Å². The normalized spacial score (nSPS) is 12.1. The fourth-order valence-electron chi connectivity index (χ4n) is 3.58. The van der Waals surface area contributed by atoms with Gasteiger partial charge in [-0.2, -0.15) is 0 Å². The van der Waals surface area contributed by atoms with Gasteiger partial charge in [0.05, 0.1) is 13.2 Å². The molecular formula is C23H21BrN2O. The summed E-state index contributed by atoms with van der Waals surface area (Å²) < 4.78 is 6.55. The van der Waals surface area contributed by atoms with Crippen LogP contribution in [0.25, 0.3) is 10.9 Å². The summed E-state index contributed by atoms with van der Waals surface area (Å²) in [6.45, 7) is 0. The molecule has 1 unspecified atom stereocenters. The molecule has 3 nitrogen and oxygen atoms in total. The zero-order valence-corrected chi connectivity index (χ0v) is 16.9. The van der Waals surface area contributed by atoms with E-state index in [4.69, 9.17) is 4.74 Å². The van der Waals surface area contributed by atoms with Crippen molar-refractivity contribution in [1.82, 2.24) is 4.98 Å². The van der Waals surface area contributed by atoms with E-state index in [2.05, 4.69) is 93.7 Å². The fourth-order valence-corrected chi connectivity index (χ4v) is 3.94. The van der Waals surface area contributed by atoms with Crippen molar-refractivity contribution in [2.45, 2.75) is 6.04 Å². The van der Waals surface area contributed by atoms with Crippen LogP contribution in [0.2, 0.25) is 0 Å². The Hall–Kier alpha value is -2.72. The molecule has 0 saturated carbocycles. The summed E-state index contributed by atoms with van der Waals surface area (Å²) in [7, 11) is 3.84. The molecule has 4 rings (SSSR count). The standard InChI is InChI=1S/C23H21BrN2O/c1-26(18-8-4-3-5-9-18)23(16-7-6-10-19(13-16)27-2)21-15-25-22-12-11-17(24)14-20(21)22/h3-15,23,25H,1-2H3. The summed E-state index contributed by atoms with van der Waals surface area (Å²) in [4.78, 5) is 5.73. The first-order valence-electron chi connectivity index (χ1n) is 8.86. The third kappa shape index (κ3) is 3.45. The Kier molecular flexibility index (Phi) is 4.90. The lowest BCUT2D eigenvalue weighted by molar-refractivity contribution is 0.414. The molecule has 136 valence electrons. The van der Waals surface area contributed by atoms with Gasteiger partial charge in [-0.1, -0.05) is 46.3 Å². The third-order valence-electron chi connectivity index (χ3n) is 4.93. The van der Waals surface area contributed by atoms with Crippen LogP contribution in [0.5, 0.6) is 5.75 Å². The van der Waals surface area contributed by atoms with Gasteiger partial charge in [-0.3, -0.25) is 0 Å². The van der Waals surface area contributed by atoms with Crippen LogP contribution in [0.1, 0.15) is 17.2 Å². The van der Waals surface area contributed by atoms with Crippen molar-refractivity contribution in [3.05, 3.63) is 94.6 Å². The van der Waals surface area contributed by atoms with Crippen molar-refractivity contribution in [1.29, 1.82) is 0 Å². The molecule has 27 heavy (non-hydrogen) atoms. The number of aromatic nitrogens is 1. The molecule has 1 atom stereocenters. The highest BCUT2D eigenvalue weighted by molar-refractivity contribution is 9.10. The van der Waals surface area contributed by atoms with Crippen LogP contribution in [0.3, 0.4) is 0 Å². The molecule has 1 N–H and O–H groups in total. The highest BCUT2D eigenvalue weighted by atomic mass is 79.9. The van der Waals surface area contributed by atoms with Gasteiger partial charge in [0.2, 0.25) is 0 Å². The number of fused-ring (bicyclic) bond motifs is 1. The summed E-state index contributed by atoms with van der Waals surface area (Å²) in [5.74, 6) is 0.861. The molecule has 0 radical (unpaired) electrons. The van der Waals surface area contributed by atoms with Gasteiger partial charge < -0.3 is 14.6 Å². The second-order valence-corrected chi connectivity index (χ2v) is 7.48. The molecule has 0 amide bonds. The Balaban J connectivity index is 1.90. The smallest absolute Gasteiger partial charge is 0.119 e. The molecule has 0 saturated heterocycles. The van der Waals surface area contributed by atoms with E-state index < -0.39 is 0 Å².